The maximum Gasteiger partial charge on any atom is 0.191 e. The Morgan fingerprint density at radius 2 is 2.00 bits per heavy atom. The number of hydrogen-bond acceptors (Lipinski definition) is 2. The second-order valence-electron chi connectivity index (χ2n) is 4.17. The first-order valence-electron chi connectivity index (χ1n) is 5.97. The summed E-state index contributed by atoms with van der Waals surface area (Å²) in [6.07, 6.45) is 1.28. The van der Waals surface area contributed by atoms with Crippen LogP contribution in [-0.4, -0.2) is 50.6 Å². The smallest absolute Gasteiger partial charge is 0.191 e. The zero-order valence-corrected chi connectivity index (χ0v) is 10.2. The fourth-order valence-electron chi connectivity index (χ4n) is 1.90. The van der Waals surface area contributed by atoms with Crippen molar-refractivity contribution >= 4 is 5.96 Å². The first-order chi connectivity index (χ1) is 7.26. The van der Waals surface area contributed by atoms with E-state index in [1.807, 2.05) is 0 Å². The summed E-state index contributed by atoms with van der Waals surface area (Å²) < 4.78 is 0. The largest absolute Gasteiger partial charge is 0.357 e. The summed E-state index contributed by atoms with van der Waals surface area (Å²) in [6, 6.07) is 0. The summed E-state index contributed by atoms with van der Waals surface area (Å²) in [5, 5.41) is 6.49. The van der Waals surface area contributed by atoms with Crippen LogP contribution in [-0.2, 0) is 0 Å². The Balaban J connectivity index is 2.31. The Hall–Kier alpha value is -0.770. The Morgan fingerprint density at radius 1 is 1.33 bits per heavy atom. The summed E-state index contributed by atoms with van der Waals surface area (Å²) >= 11 is 0. The SMILES string of the molecule is CCNC(=NCC1CCN(C)C1)NCC. The van der Waals surface area contributed by atoms with Gasteiger partial charge in [-0.2, -0.15) is 0 Å². The van der Waals surface area contributed by atoms with Crippen molar-refractivity contribution in [3.05, 3.63) is 0 Å². The molecule has 0 saturated carbocycles. The molecule has 1 fully saturated rings. The number of nitrogens with one attached hydrogen (secondary N) is 2. The molecule has 1 aliphatic heterocycles. The second kappa shape index (κ2) is 6.67. The van der Waals surface area contributed by atoms with Gasteiger partial charge in [-0.3, -0.25) is 4.99 Å². The predicted molar refractivity (Wildman–Crippen MR) is 65.3 cm³/mol. The van der Waals surface area contributed by atoms with Gasteiger partial charge in [0.1, 0.15) is 0 Å². The molecule has 1 rings (SSSR count). The maximum absolute atomic E-state index is 4.59. The van der Waals surface area contributed by atoms with Gasteiger partial charge in [0.05, 0.1) is 0 Å². The molecule has 1 saturated heterocycles. The lowest BCUT2D eigenvalue weighted by atomic mass is 10.1. The van der Waals surface area contributed by atoms with Gasteiger partial charge in [0.15, 0.2) is 5.96 Å². The molecule has 0 spiro atoms. The van der Waals surface area contributed by atoms with Gasteiger partial charge in [0, 0.05) is 26.2 Å². The lowest BCUT2D eigenvalue weighted by Gasteiger charge is -2.11. The molecule has 0 radical (unpaired) electrons. The fourth-order valence-corrected chi connectivity index (χ4v) is 1.90. The van der Waals surface area contributed by atoms with Gasteiger partial charge in [0.25, 0.3) is 0 Å². The molecule has 0 aromatic rings. The van der Waals surface area contributed by atoms with Gasteiger partial charge in [-0.05, 0) is 39.8 Å². The van der Waals surface area contributed by atoms with Crippen LogP contribution in [0.25, 0.3) is 0 Å². The van der Waals surface area contributed by atoms with E-state index in [0.717, 1.165) is 31.5 Å². The van der Waals surface area contributed by atoms with Crippen molar-refractivity contribution in [3.8, 4) is 0 Å². The highest BCUT2D eigenvalue weighted by Gasteiger charge is 2.18. The third-order valence-electron chi connectivity index (χ3n) is 2.68. The Labute approximate surface area is 93.1 Å². The van der Waals surface area contributed by atoms with Crippen molar-refractivity contribution in [2.45, 2.75) is 20.3 Å². The van der Waals surface area contributed by atoms with Crippen molar-refractivity contribution in [1.82, 2.24) is 15.5 Å². The highest BCUT2D eigenvalue weighted by Crippen LogP contribution is 2.13. The number of rotatable bonds is 4. The number of aliphatic imine (C=N–C) groups is 1. The molecule has 15 heavy (non-hydrogen) atoms. The molecule has 4 heteroatoms. The van der Waals surface area contributed by atoms with Crippen LogP contribution in [0.1, 0.15) is 20.3 Å². The zero-order valence-electron chi connectivity index (χ0n) is 10.2. The van der Waals surface area contributed by atoms with Gasteiger partial charge >= 0.3 is 0 Å². The third kappa shape index (κ3) is 4.51. The normalized spacial score (nSPS) is 21.4. The van der Waals surface area contributed by atoms with Gasteiger partial charge in [-0.15, -0.1) is 0 Å². The van der Waals surface area contributed by atoms with Crippen LogP contribution in [0.15, 0.2) is 4.99 Å². The molecule has 0 bridgehead atoms. The fraction of sp³-hybridized carbons (Fsp3) is 0.909. The molecular formula is C11H24N4. The molecule has 2 N–H and O–H groups in total. The van der Waals surface area contributed by atoms with E-state index in [9.17, 15) is 0 Å². The van der Waals surface area contributed by atoms with Crippen LogP contribution >= 0.6 is 0 Å². The number of nitrogens with zero attached hydrogens (tertiary/aromatic N) is 2. The van der Waals surface area contributed by atoms with Crippen LogP contribution in [0.4, 0.5) is 0 Å². The Bertz CT molecular complexity index is 195. The van der Waals surface area contributed by atoms with Crippen LogP contribution in [0.5, 0.6) is 0 Å². The molecule has 0 aliphatic carbocycles. The molecule has 4 nitrogen and oxygen atoms in total. The molecule has 0 aromatic heterocycles. The number of guanidine groups is 1. The van der Waals surface area contributed by atoms with Gasteiger partial charge in [-0.25, -0.2) is 0 Å². The zero-order chi connectivity index (χ0) is 11.1. The van der Waals surface area contributed by atoms with Crippen LogP contribution in [0.3, 0.4) is 0 Å². The molecule has 88 valence electrons. The van der Waals surface area contributed by atoms with E-state index in [-0.39, 0.29) is 0 Å². The maximum atomic E-state index is 4.59. The number of likely N-dealkylation sites (tertiary alicyclic amines) is 1. The van der Waals surface area contributed by atoms with Crippen LogP contribution in [0.2, 0.25) is 0 Å². The van der Waals surface area contributed by atoms with Gasteiger partial charge in [-0.1, -0.05) is 0 Å². The van der Waals surface area contributed by atoms with Crippen molar-refractivity contribution in [3.63, 3.8) is 0 Å². The lowest BCUT2D eigenvalue weighted by molar-refractivity contribution is 0.397. The van der Waals surface area contributed by atoms with Crippen LogP contribution < -0.4 is 10.6 Å². The van der Waals surface area contributed by atoms with Gasteiger partial charge in [0.2, 0.25) is 0 Å². The van der Waals surface area contributed by atoms with E-state index in [4.69, 9.17) is 0 Å². The average molecular weight is 212 g/mol. The van der Waals surface area contributed by atoms with E-state index in [1.54, 1.807) is 0 Å². The van der Waals surface area contributed by atoms with Crippen LogP contribution in [0, 0.1) is 5.92 Å². The Kier molecular flexibility index (Phi) is 5.47. The summed E-state index contributed by atoms with van der Waals surface area (Å²) in [4.78, 5) is 6.96. The van der Waals surface area contributed by atoms with Crippen molar-refractivity contribution in [2.24, 2.45) is 10.9 Å². The minimum Gasteiger partial charge on any atom is -0.357 e. The Morgan fingerprint density at radius 3 is 2.47 bits per heavy atom. The highest BCUT2D eigenvalue weighted by molar-refractivity contribution is 5.79. The third-order valence-corrected chi connectivity index (χ3v) is 2.68. The molecule has 1 heterocycles. The molecule has 1 unspecified atom stereocenters. The molecule has 1 aliphatic rings. The molecule has 1 atom stereocenters. The second-order valence-corrected chi connectivity index (χ2v) is 4.17. The van der Waals surface area contributed by atoms with E-state index in [0.29, 0.717) is 0 Å². The first kappa shape index (κ1) is 12.3. The standard InChI is InChI=1S/C11H24N4/c1-4-12-11(13-5-2)14-8-10-6-7-15(3)9-10/h10H,4-9H2,1-3H3,(H2,12,13,14). The van der Waals surface area contributed by atoms with E-state index in [2.05, 4.69) is 41.4 Å². The summed E-state index contributed by atoms with van der Waals surface area (Å²) in [5.41, 5.74) is 0. The molecule has 0 aromatic carbocycles. The molecule has 0 amide bonds. The van der Waals surface area contributed by atoms with Gasteiger partial charge < -0.3 is 15.5 Å². The quantitative estimate of drug-likeness (QED) is 0.527. The molecular weight excluding hydrogens is 188 g/mol. The summed E-state index contributed by atoms with van der Waals surface area (Å²) in [6.45, 7) is 9.39. The first-order valence-corrected chi connectivity index (χ1v) is 5.97. The lowest BCUT2D eigenvalue weighted by Crippen LogP contribution is -2.37. The predicted octanol–water partition coefficient (Wildman–Crippen LogP) is 0.513. The van der Waals surface area contributed by atoms with Crippen molar-refractivity contribution in [1.29, 1.82) is 0 Å². The summed E-state index contributed by atoms with van der Waals surface area (Å²) in [7, 11) is 2.18. The highest BCUT2D eigenvalue weighted by atomic mass is 15.2. The van der Waals surface area contributed by atoms with E-state index < -0.39 is 0 Å². The minimum atomic E-state index is 0.738. The number of hydrogen-bond donors (Lipinski definition) is 2. The average Bonchev–Trinajstić information content (AvgIpc) is 2.61. The van der Waals surface area contributed by atoms with Crippen molar-refractivity contribution < 1.29 is 0 Å². The van der Waals surface area contributed by atoms with E-state index in [1.165, 1.54) is 19.5 Å². The summed E-state index contributed by atoms with van der Waals surface area (Å²) in [5.74, 6) is 1.69. The van der Waals surface area contributed by atoms with Crippen molar-refractivity contribution in [2.75, 3.05) is 39.8 Å². The minimum absolute atomic E-state index is 0.738. The monoisotopic (exact) mass is 212 g/mol. The van der Waals surface area contributed by atoms with E-state index >= 15 is 0 Å². The topological polar surface area (TPSA) is 39.7 Å².